The third-order valence-corrected chi connectivity index (χ3v) is 2.58. The van der Waals surface area contributed by atoms with Gasteiger partial charge in [-0.15, -0.1) is 0 Å². The Bertz CT molecular complexity index is 714. The molecule has 2 heteroatoms. The highest BCUT2D eigenvalue weighted by Crippen LogP contribution is 2.22. The Morgan fingerprint density at radius 1 is 1.06 bits per heavy atom. The summed E-state index contributed by atoms with van der Waals surface area (Å²) in [4.78, 5) is 4.45. The number of hydrogen-bond acceptors (Lipinski definition) is 1. The van der Waals surface area contributed by atoms with Crippen molar-refractivity contribution in [3.05, 3.63) is 60.4 Å². The van der Waals surface area contributed by atoms with Crippen molar-refractivity contribution in [3.63, 3.8) is 0 Å². The maximum absolute atomic E-state index is 7.73. The van der Waals surface area contributed by atoms with E-state index in [-0.39, 0.29) is 5.69 Å². The number of aryl methyl sites for hydroxylation is 1. The number of rotatable bonds is 1. The lowest BCUT2D eigenvalue weighted by Gasteiger charge is -1.98. The molecule has 0 radical (unpaired) electrons. The van der Waals surface area contributed by atoms with Crippen molar-refractivity contribution < 1.29 is 4.11 Å². The second-order valence-corrected chi connectivity index (χ2v) is 3.60. The molecule has 3 aromatic rings. The molecule has 0 saturated heterocycles. The van der Waals surface area contributed by atoms with Crippen molar-refractivity contribution in [2.75, 3.05) is 0 Å². The van der Waals surface area contributed by atoms with E-state index < -0.39 is 6.85 Å². The molecule has 3 rings (SSSR count). The Morgan fingerprint density at radius 3 is 2.69 bits per heavy atom. The summed E-state index contributed by atoms with van der Waals surface area (Å²) in [6.45, 7) is -2.20. The molecule has 0 spiro atoms. The summed E-state index contributed by atoms with van der Waals surface area (Å²) in [5.41, 5.74) is 2.24. The topological polar surface area (TPSA) is 17.3 Å². The average molecular weight is 211 g/mol. The van der Waals surface area contributed by atoms with Crippen molar-refractivity contribution in [2.45, 2.75) is 6.85 Å². The Kier molecular flexibility index (Phi) is 1.41. The van der Waals surface area contributed by atoms with Gasteiger partial charge in [-0.25, -0.2) is 4.98 Å². The van der Waals surface area contributed by atoms with Crippen LogP contribution >= 0.6 is 0 Å². The fourth-order valence-electron chi connectivity index (χ4n) is 1.79. The van der Waals surface area contributed by atoms with Crippen LogP contribution in [-0.2, 0) is 0 Å². The molecule has 2 heterocycles. The number of benzene rings is 1. The molecule has 0 aliphatic carbocycles. The van der Waals surface area contributed by atoms with E-state index in [4.69, 9.17) is 4.11 Å². The Morgan fingerprint density at radius 2 is 1.88 bits per heavy atom. The SMILES string of the molecule is [2H]C([2H])([2H])c1c(-c2ccccc2)nc2ccccn12. The molecule has 16 heavy (non-hydrogen) atoms. The zero-order valence-corrected chi connectivity index (χ0v) is 8.59. The first-order chi connectivity index (χ1) is 9.07. The third kappa shape index (κ3) is 1.31. The van der Waals surface area contributed by atoms with Crippen molar-refractivity contribution in [2.24, 2.45) is 0 Å². The van der Waals surface area contributed by atoms with Crippen LogP contribution in [0, 0.1) is 6.85 Å². The number of imidazole rings is 1. The van der Waals surface area contributed by atoms with Gasteiger partial charge in [0.25, 0.3) is 0 Å². The van der Waals surface area contributed by atoms with E-state index in [0.29, 0.717) is 11.3 Å². The van der Waals surface area contributed by atoms with Gasteiger partial charge in [-0.3, -0.25) is 0 Å². The first kappa shape index (κ1) is 6.48. The molecule has 0 atom stereocenters. The Labute approximate surface area is 98.4 Å². The van der Waals surface area contributed by atoms with Crippen LogP contribution in [-0.4, -0.2) is 9.38 Å². The van der Waals surface area contributed by atoms with E-state index >= 15 is 0 Å². The normalized spacial score (nSPS) is 14.4. The van der Waals surface area contributed by atoms with Gasteiger partial charge >= 0.3 is 0 Å². The molecule has 0 bridgehead atoms. The molecule has 1 aromatic carbocycles. The van der Waals surface area contributed by atoms with E-state index in [9.17, 15) is 0 Å². The number of aromatic nitrogens is 2. The highest BCUT2D eigenvalue weighted by Gasteiger charge is 2.08. The molecule has 0 unspecified atom stereocenters. The van der Waals surface area contributed by atoms with E-state index in [2.05, 4.69) is 4.98 Å². The summed E-state index contributed by atoms with van der Waals surface area (Å²) in [5.74, 6) is 0. The summed E-state index contributed by atoms with van der Waals surface area (Å²) < 4.78 is 24.8. The number of fused-ring (bicyclic) bond motifs is 1. The molecule has 78 valence electrons. The summed E-state index contributed by atoms with van der Waals surface area (Å²) in [7, 11) is 0. The van der Waals surface area contributed by atoms with Crippen LogP contribution in [0.5, 0.6) is 0 Å². The van der Waals surface area contributed by atoms with E-state index in [1.54, 1.807) is 16.7 Å². The van der Waals surface area contributed by atoms with Crippen LogP contribution < -0.4 is 0 Å². The molecule has 2 aromatic heterocycles. The fraction of sp³-hybridized carbons (Fsp3) is 0.0714. The van der Waals surface area contributed by atoms with Crippen molar-refractivity contribution in [1.29, 1.82) is 0 Å². The first-order valence-electron chi connectivity index (χ1n) is 6.60. The van der Waals surface area contributed by atoms with Gasteiger partial charge in [0, 0.05) is 21.6 Å². The van der Waals surface area contributed by atoms with Crippen molar-refractivity contribution in [3.8, 4) is 11.3 Å². The summed E-state index contributed by atoms with van der Waals surface area (Å²) in [5, 5.41) is 0. The van der Waals surface area contributed by atoms with Crippen molar-refractivity contribution in [1.82, 2.24) is 9.38 Å². The van der Waals surface area contributed by atoms with Gasteiger partial charge in [0.15, 0.2) is 0 Å². The first-order valence-corrected chi connectivity index (χ1v) is 5.10. The Balaban J connectivity index is 2.36. The second kappa shape index (κ2) is 3.49. The number of hydrogen-bond donors (Lipinski definition) is 0. The number of pyridine rings is 1. The van der Waals surface area contributed by atoms with Crippen LogP contribution in [0.2, 0.25) is 0 Å². The molecular weight excluding hydrogens is 196 g/mol. The third-order valence-electron chi connectivity index (χ3n) is 2.58. The minimum absolute atomic E-state index is 0.259. The molecule has 0 saturated carbocycles. The zero-order chi connectivity index (χ0) is 13.5. The second-order valence-electron chi connectivity index (χ2n) is 3.60. The molecule has 2 nitrogen and oxygen atoms in total. The molecule has 0 N–H and O–H groups in total. The molecular formula is C14H12N2. The van der Waals surface area contributed by atoms with Crippen LogP contribution in [0.3, 0.4) is 0 Å². The van der Waals surface area contributed by atoms with Gasteiger partial charge in [0.1, 0.15) is 5.65 Å². The van der Waals surface area contributed by atoms with E-state index in [0.717, 1.165) is 5.56 Å². The lowest BCUT2D eigenvalue weighted by atomic mass is 10.1. The standard InChI is InChI=1S/C14H12N2/c1-11-14(12-7-3-2-4-8-12)15-13-9-5-6-10-16(11)13/h2-10H,1H3/i1D3. The summed E-state index contributed by atoms with van der Waals surface area (Å²) in [6.07, 6.45) is 1.73. The highest BCUT2D eigenvalue weighted by atomic mass is 15.0. The van der Waals surface area contributed by atoms with Gasteiger partial charge < -0.3 is 4.40 Å². The monoisotopic (exact) mass is 211 g/mol. The maximum Gasteiger partial charge on any atom is 0.137 e. The lowest BCUT2D eigenvalue weighted by molar-refractivity contribution is 1.11. The lowest BCUT2D eigenvalue weighted by Crippen LogP contribution is -1.85. The van der Waals surface area contributed by atoms with Gasteiger partial charge in [-0.05, 0) is 19.0 Å². The fourth-order valence-corrected chi connectivity index (χ4v) is 1.79. The largest absolute Gasteiger partial charge is 0.304 e. The quantitative estimate of drug-likeness (QED) is 0.603. The van der Waals surface area contributed by atoms with Crippen LogP contribution in [0.15, 0.2) is 54.7 Å². The predicted molar refractivity (Wildman–Crippen MR) is 65.4 cm³/mol. The van der Waals surface area contributed by atoms with Crippen LogP contribution in [0.25, 0.3) is 16.9 Å². The predicted octanol–water partition coefficient (Wildman–Crippen LogP) is 3.31. The summed E-state index contributed by atoms with van der Waals surface area (Å²) >= 11 is 0. The minimum atomic E-state index is -2.20. The van der Waals surface area contributed by atoms with Crippen LogP contribution in [0.4, 0.5) is 0 Å². The zero-order valence-electron chi connectivity index (χ0n) is 11.6. The minimum Gasteiger partial charge on any atom is -0.304 e. The van der Waals surface area contributed by atoms with E-state index in [1.165, 1.54) is 0 Å². The Hall–Kier alpha value is -2.09. The van der Waals surface area contributed by atoms with Gasteiger partial charge in [-0.1, -0.05) is 36.4 Å². The van der Waals surface area contributed by atoms with Crippen LogP contribution in [0.1, 0.15) is 9.81 Å². The number of nitrogens with zero attached hydrogens (tertiary/aromatic N) is 2. The molecule has 0 aliphatic rings. The van der Waals surface area contributed by atoms with Gasteiger partial charge in [0.2, 0.25) is 0 Å². The molecule has 0 aliphatic heterocycles. The molecule has 0 amide bonds. The van der Waals surface area contributed by atoms with Crippen molar-refractivity contribution >= 4 is 5.65 Å². The van der Waals surface area contributed by atoms with E-state index in [1.807, 2.05) is 42.5 Å². The summed E-state index contributed by atoms with van der Waals surface area (Å²) in [6, 6.07) is 14.9. The average Bonchev–Trinajstić information content (AvgIpc) is 2.79. The maximum atomic E-state index is 7.73. The highest BCUT2D eigenvalue weighted by molar-refractivity contribution is 5.66. The van der Waals surface area contributed by atoms with Gasteiger partial charge in [0.05, 0.1) is 5.69 Å². The van der Waals surface area contributed by atoms with Gasteiger partial charge in [-0.2, -0.15) is 0 Å². The molecule has 0 fully saturated rings. The smallest absolute Gasteiger partial charge is 0.137 e.